The summed E-state index contributed by atoms with van der Waals surface area (Å²) in [5.41, 5.74) is 2.58. The average Bonchev–Trinajstić information content (AvgIpc) is 2.94. The number of carbonyl (C=O) groups excluding carboxylic acids is 2. The molecule has 1 aromatic heterocycles. The molecule has 1 aromatic carbocycles. The van der Waals surface area contributed by atoms with E-state index < -0.39 is 18.0 Å². The molecule has 2 aliphatic rings. The lowest BCUT2D eigenvalue weighted by Crippen LogP contribution is -2.53. The van der Waals surface area contributed by atoms with Gasteiger partial charge in [0, 0.05) is 44.7 Å². The highest BCUT2D eigenvalue weighted by molar-refractivity contribution is 5.95. The maximum absolute atomic E-state index is 14.6. The molecule has 3 heterocycles. The Bertz CT molecular complexity index is 1300. The Balaban J connectivity index is 0.000000559. The van der Waals surface area contributed by atoms with Gasteiger partial charge in [-0.2, -0.15) is 18.3 Å². The van der Waals surface area contributed by atoms with Crippen molar-refractivity contribution in [3.63, 3.8) is 0 Å². The number of piperazine rings is 1. The first kappa shape index (κ1) is 30.7. The zero-order valence-electron chi connectivity index (χ0n) is 22.1. The molecule has 40 heavy (non-hydrogen) atoms. The first-order valence-electron chi connectivity index (χ1n) is 12.7. The number of benzene rings is 1. The van der Waals surface area contributed by atoms with Crippen LogP contribution >= 0.6 is 0 Å². The highest BCUT2D eigenvalue weighted by Gasteiger charge is 2.38. The molecule has 2 amide bonds. The fraction of sp³-hybridized carbons (Fsp3) is 0.500. The second kappa shape index (κ2) is 13.0. The minimum Gasteiger partial charge on any atom is -0.475 e. The van der Waals surface area contributed by atoms with Crippen LogP contribution in [0.1, 0.15) is 45.6 Å². The molecule has 1 unspecified atom stereocenters. The summed E-state index contributed by atoms with van der Waals surface area (Å²) in [7, 11) is 0. The zero-order valence-corrected chi connectivity index (χ0v) is 22.1. The topological polar surface area (TPSA) is 136 Å². The number of amides is 2. The molecule has 0 spiro atoms. The van der Waals surface area contributed by atoms with Crippen LogP contribution in [0.5, 0.6) is 0 Å². The second-order valence-electron chi connectivity index (χ2n) is 9.70. The molecule has 0 aliphatic carbocycles. The van der Waals surface area contributed by atoms with E-state index in [0.717, 1.165) is 30.5 Å². The van der Waals surface area contributed by atoms with Crippen LogP contribution in [0.25, 0.3) is 0 Å². The number of halogens is 4. The van der Waals surface area contributed by atoms with Gasteiger partial charge in [0.05, 0.1) is 17.2 Å². The Hall–Kier alpha value is -3.81. The molecule has 0 bridgehead atoms. The van der Waals surface area contributed by atoms with Crippen molar-refractivity contribution in [2.24, 2.45) is 5.92 Å². The van der Waals surface area contributed by atoms with E-state index in [0.29, 0.717) is 50.4 Å². The molecular weight excluding hydrogens is 538 g/mol. The third-order valence-electron chi connectivity index (χ3n) is 7.03. The maximum atomic E-state index is 14.6. The van der Waals surface area contributed by atoms with E-state index in [1.165, 1.54) is 6.07 Å². The first-order valence-corrected chi connectivity index (χ1v) is 12.7. The van der Waals surface area contributed by atoms with Gasteiger partial charge >= 0.3 is 12.1 Å². The Labute approximate surface area is 227 Å². The van der Waals surface area contributed by atoms with E-state index in [-0.39, 0.29) is 28.9 Å². The summed E-state index contributed by atoms with van der Waals surface area (Å²) in [4.78, 5) is 49.9. The van der Waals surface area contributed by atoms with Gasteiger partial charge in [-0.05, 0) is 56.5 Å². The normalized spacial score (nSPS) is 17.6. The Morgan fingerprint density at radius 2 is 1.70 bits per heavy atom. The van der Waals surface area contributed by atoms with E-state index in [9.17, 15) is 31.9 Å². The number of aromatic amines is 1. The van der Waals surface area contributed by atoms with Gasteiger partial charge in [0.1, 0.15) is 5.82 Å². The van der Waals surface area contributed by atoms with Gasteiger partial charge < -0.3 is 20.2 Å². The van der Waals surface area contributed by atoms with Crippen molar-refractivity contribution in [1.82, 2.24) is 25.3 Å². The van der Waals surface area contributed by atoms with Crippen LogP contribution in [0.2, 0.25) is 0 Å². The molecule has 2 aliphatic heterocycles. The monoisotopic (exact) mass is 569 g/mol. The number of hydrogen-bond donors (Lipinski definition) is 3. The van der Waals surface area contributed by atoms with Gasteiger partial charge in [0.15, 0.2) is 0 Å². The van der Waals surface area contributed by atoms with E-state index in [1.54, 1.807) is 24.0 Å². The van der Waals surface area contributed by atoms with E-state index in [1.807, 2.05) is 11.8 Å². The maximum Gasteiger partial charge on any atom is 0.490 e. The van der Waals surface area contributed by atoms with Crippen molar-refractivity contribution in [2.45, 2.75) is 39.3 Å². The van der Waals surface area contributed by atoms with Crippen LogP contribution in [0, 0.1) is 25.6 Å². The van der Waals surface area contributed by atoms with Gasteiger partial charge in [0.2, 0.25) is 5.91 Å². The molecule has 2 saturated heterocycles. The molecule has 1 atom stereocenters. The quantitative estimate of drug-likeness (QED) is 0.480. The van der Waals surface area contributed by atoms with E-state index in [2.05, 4.69) is 15.5 Å². The van der Waals surface area contributed by atoms with Crippen LogP contribution in [0.15, 0.2) is 23.0 Å². The fourth-order valence-electron chi connectivity index (χ4n) is 4.51. The summed E-state index contributed by atoms with van der Waals surface area (Å²) in [6.45, 7) is 6.90. The summed E-state index contributed by atoms with van der Waals surface area (Å²) in [6, 6.07) is 4.49. The molecule has 218 valence electrons. The summed E-state index contributed by atoms with van der Waals surface area (Å²) in [5, 5.41) is 17.0. The van der Waals surface area contributed by atoms with Crippen molar-refractivity contribution < 1.29 is 37.1 Å². The van der Waals surface area contributed by atoms with Crippen molar-refractivity contribution >= 4 is 17.8 Å². The number of aromatic nitrogens is 2. The molecule has 4 rings (SSSR count). The minimum atomic E-state index is -5.08. The minimum absolute atomic E-state index is 0.00348. The van der Waals surface area contributed by atoms with E-state index >= 15 is 0 Å². The smallest absolute Gasteiger partial charge is 0.475 e. The predicted octanol–water partition coefficient (Wildman–Crippen LogP) is 2.03. The van der Waals surface area contributed by atoms with Gasteiger partial charge in [-0.15, -0.1) is 0 Å². The molecule has 3 N–H and O–H groups in total. The van der Waals surface area contributed by atoms with Gasteiger partial charge in [-0.1, -0.05) is 6.07 Å². The van der Waals surface area contributed by atoms with Crippen molar-refractivity contribution in [2.75, 3.05) is 39.3 Å². The first-order chi connectivity index (χ1) is 18.8. The Morgan fingerprint density at radius 1 is 1.07 bits per heavy atom. The van der Waals surface area contributed by atoms with Crippen LogP contribution in [0.3, 0.4) is 0 Å². The number of aliphatic carboxylic acids is 1. The number of rotatable bonds is 4. The SMILES string of the molecule is Cc1c(Cc2ccc(F)c(C(=O)N3CCN(C(=O)C4CCCNC4)CC3)c2)n[nH]c(=O)c1C.O=C(O)C(F)(F)F. The summed E-state index contributed by atoms with van der Waals surface area (Å²) in [6.07, 6.45) is -2.81. The molecule has 14 heteroatoms. The third-order valence-corrected chi connectivity index (χ3v) is 7.03. The lowest BCUT2D eigenvalue weighted by atomic mass is 9.97. The molecule has 0 saturated carbocycles. The molecule has 2 aromatic rings. The number of carbonyl (C=O) groups is 3. The van der Waals surface area contributed by atoms with Gasteiger partial charge in [-0.25, -0.2) is 14.3 Å². The van der Waals surface area contributed by atoms with Crippen LogP contribution < -0.4 is 10.9 Å². The number of alkyl halides is 3. The zero-order chi connectivity index (χ0) is 29.6. The molecule has 0 radical (unpaired) electrons. The van der Waals surface area contributed by atoms with Crippen molar-refractivity contribution in [3.05, 3.63) is 62.3 Å². The molecule has 10 nitrogen and oxygen atoms in total. The van der Waals surface area contributed by atoms with Crippen molar-refractivity contribution in [1.29, 1.82) is 0 Å². The number of H-pyrrole nitrogens is 1. The highest BCUT2D eigenvalue weighted by atomic mass is 19.4. The van der Waals surface area contributed by atoms with Crippen LogP contribution in [-0.2, 0) is 16.0 Å². The summed E-state index contributed by atoms with van der Waals surface area (Å²) < 4.78 is 46.3. The predicted molar refractivity (Wildman–Crippen MR) is 135 cm³/mol. The Morgan fingerprint density at radius 3 is 2.27 bits per heavy atom. The van der Waals surface area contributed by atoms with Crippen molar-refractivity contribution in [3.8, 4) is 0 Å². The molecular formula is C26H31F4N5O5. The lowest BCUT2D eigenvalue weighted by molar-refractivity contribution is -0.192. The van der Waals surface area contributed by atoms with E-state index in [4.69, 9.17) is 9.90 Å². The highest BCUT2D eigenvalue weighted by Crippen LogP contribution is 2.20. The number of nitrogens with one attached hydrogen (secondary N) is 2. The lowest BCUT2D eigenvalue weighted by Gasteiger charge is -2.37. The largest absolute Gasteiger partial charge is 0.490 e. The number of nitrogens with zero attached hydrogens (tertiary/aromatic N) is 3. The average molecular weight is 570 g/mol. The van der Waals surface area contributed by atoms with Crippen LogP contribution in [-0.4, -0.2) is 88.3 Å². The Kier molecular flexibility index (Phi) is 10.0. The number of carboxylic acids is 1. The summed E-state index contributed by atoms with van der Waals surface area (Å²) >= 11 is 0. The number of carboxylic acid groups (broad SMARTS) is 1. The van der Waals surface area contributed by atoms with Gasteiger partial charge in [-0.3, -0.25) is 14.4 Å². The molecule has 2 fully saturated rings. The fourth-order valence-corrected chi connectivity index (χ4v) is 4.51. The third kappa shape index (κ3) is 7.64. The van der Waals surface area contributed by atoms with Gasteiger partial charge in [0.25, 0.3) is 11.5 Å². The second-order valence-corrected chi connectivity index (χ2v) is 9.70. The van der Waals surface area contributed by atoms with Crippen LogP contribution in [0.4, 0.5) is 17.6 Å². The number of hydrogen-bond acceptors (Lipinski definition) is 6. The standard InChI is InChI=1S/C24H30FN5O3.C2HF3O2/c1-15-16(2)22(31)28-27-21(15)13-17-5-6-20(25)19(12-17)24(33)30-10-8-29(9-11-30)23(32)18-4-3-7-26-14-18;3-2(4,5)1(6)7/h5-6,12,18,26H,3-4,7-11,13-14H2,1-2H3,(H,28,31);(H,6,7). The summed E-state index contributed by atoms with van der Waals surface area (Å²) in [5.74, 6) is -3.56. The number of piperidine rings is 1.